The summed E-state index contributed by atoms with van der Waals surface area (Å²) >= 11 is 0. The Morgan fingerprint density at radius 1 is 1.09 bits per heavy atom. The van der Waals surface area contributed by atoms with E-state index in [0.29, 0.717) is 25.3 Å². The molecule has 2 heterocycles. The minimum atomic E-state index is -0.419. The highest BCUT2D eigenvalue weighted by Gasteiger charge is 2.55. The number of nitrogens with one attached hydrogen (secondary N) is 2. The Hall–Kier alpha value is -2.94. The van der Waals surface area contributed by atoms with E-state index in [1.807, 2.05) is 36.1 Å². The van der Waals surface area contributed by atoms with Crippen LogP contribution in [-0.2, 0) is 14.3 Å². The molecule has 4 rings (SSSR count). The maximum absolute atomic E-state index is 13.4. The second-order valence-corrected chi connectivity index (χ2v) is 8.02. The van der Waals surface area contributed by atoms with Crippen molar-refractivity contribution in [1.82, 2.24) is 15.8 Å². The number of phenols is 1. The van der Waals surface area contributed by atoms with Gasteiger partial charge < -0.3 is 19.5 Å². The second kappa shape index (κ2) is 9.68. The molecule has 8 nitrogen and oxygen atoms in total. The lowest BCUT2D eigenvalue weighted by Crippen LogP contribution is -2.41. The number of hydrogen-bond acceptors (Lipinski definition) is 7. The summed E-state index contributed by atoms with van der Waals surface area (Å²) in [6.07, 6.45) is 0.727. The Kier molecular flexibility index (Phi) is 6.74. The maximum Gasteiger partial charge on any atom is 0.337 e. The van der Waals surface area contributed by atoms with Gasteiger partial charge in [-0.1, -0.05) is 30.3 Å². The van der Waals surface area contributed by atoms with E-state index in [1.165, 1.54) is 7.11 Å². The van der Waals surface area contributed by atoms with Crippen LogP contribution in [0.4, 0.5) is 0 Å². The summed E-state index contributed by atoms with van der Waals surface area (Å²) in [4.78, 5) is 27.1. The molecular weight excluding hydrogens is 410 g/mol. The molecule has 2 aromatic rings. The number of phenolic OH excluding ortho intramolecular Hbond substituents is 1. The van der Waals surface area contributed by atoms with Gasteiger partial charge in [0.2, 0.25) is 5.91 Å². The molecule has 4 unspecified atom stereocenters. The molecule has 2 aliphatic heterocycles. The van der Waals surface area contributed by atoms with Gasteiger partial charge >= 0.3 is 5.97 Å². The molecule has 2 saturated heterocycles. The van der Waals surface area contributed by atoms with Crippen molar-refractivity contribution in [2.45, 2.75) is 31.5 Å². The lowest BCUT2D eigenvalue weighted by atomic mass is 9.83. The number of rotatable bonds is 8. The molecule has 0 spiro atoms. The van der Waals surface area contributed by atoms with Crippen LogP contribution in [0.15, 0.2) is 48.5 Å². The quantitative estimate of drug-likeness (QED) is 0.429. The molecular formula is C24H29N3O5. The molecule has 2 fully saturated rings. The van der Waals surface area contributed by atoms with Gasteiger partial charge in [0, 0.05) is 31.2 Å². The number of para-hydroxylation sites is 1. The Balaban J connectivity index is 1.69. The second-order valence-electron chi connectivity index (χ2n) is 8.02. The van der Waals surface area contributed by atoms with Gasteiger partial charge in [-0.3, -0.25) is 4.79 Å². The average molecular weight is 440 g/mol. The summed E-state index contributed by atoms with van der Waals surface area (Å²) in [6.45, 7) is 3.73. The number of hydrazine groups is 1. The topological polar surface area (TPSA) is 100 Å². The fourth-order valence-corrected chi connectivity index (χ4v) is 4.78. The van der Waals surface area contributed by atoms with E-state index in [9.17, 15) is 14.7 Å². The molecule has 4 atom stereocenters. The Labute approximate surface area is 187 Å². The van der Waals surface area contributed by atoms with Crippen LogP contribution in [0, 0.1) is 5.92 Å². The molecule has 2 aromatic carbocycles. The van der Waals surface area contributed by atoms with E-state index in [4.69, 9.17) is 9.47 Å². The molecule has 0 bridgehead atoms. The number of benzene rings is 2. The van der Waals surface area contributed by atoms with E-state index >= 15 is 0 Å². The van der Waals surface area contributed by atoms with Gasteiger partial charge in [-0.2, -0.15) is 0 Å². The molecule has 2 aliphatic rings. The third-order valence-corrected chi connectivity index (χ3v) is 6.25. The number of amides is 1. The summed E-state index contributed by atoms with van der Waals surface area (Å²) in [5.41, 5.74) is 8.51. The first-order valence-electron chi connectivity index (χ1n) is 10.9. The molecule has 3 N–H and O–H groups in total. The normalized spacial score (nSPS) is 24.6. The predicted molar refractivity (Wildman–Crippen MR) is 118 cm³/mol. The monoisotopic (exact) mass is 439 g/mol. The third kappa shape index (κ3) is 4.09. The summed E-state index contributed by atoms with van der Waals surface area (Å²) in [5, 5.41) is 10.5. The van der Waals surface area contributed by atoms with Crippen LogP contribution in [0.25, 0.3) is 0 Å². The standard InChI is InChI=1S/C24H29N3O5/c1-3-32-14-6-13-27-22(15-9-11-16(12-10-15)24(30)31-2)19-20(25-26-21(19)23(27)29)17-7-4-5-8-18(17)28/h4-5,7-12,19-22,25-26,28H,3,6,13-14H2,1-2H3. The van der Waals surface area contributed by atoms with Crippen molar-refractivity contribution in [1.29, 1.82) is 0 Å². The first-order chi connectivity index (χ1) is 15.6. The van der Waals surface area contributed by atoms with E-state index in [-0.39, 0.29) is 29.7 Å². The van der Waals surface area contributed by atoms with Crippen LogP contribution >= 0.6 is 0 Å². The number of methoxy groups -OCH3 is 1. The zero-order chi connectivity index (χ0) is 22.7. The number of ether oxygens (including phenoxy) is 2. The van der Waals surface area contributed by atoms with Crippen molar-refractivity contribution in [2.24, 2.45) is 5.92 Å². The molecule has 1 amide bonds. The van der Waals surface area contributed by atoms with Gasteiger partial charge in [-0.15, -0.1) is 0 Å². The van der Waals surface area contributed by atoms with Gasteiger partial charge in [0.1, 0.15) is 11.8 Å². The molecule has 0 saturated carbocycles. The molecule has 0 aliphatic carbocycles. The lowest BCUT2D eigenvalue weighted by molar-refractivity contribution is -0.131. The summed E-state index contributed by atoms with van der Waals surface area (Å²) in [6, 6.07) is 13.5. The highest BCUT2D eigenvalue weighted by molar-refractivity contribution is 5.89. The van der Waals surface area contributed by atoms with Crippen molar-refractivity contribution in [3.8, 4) is 5.75 Å². The van der Waals surface area contributed by atoms with Crippen LogP contribution in [-0.4, -0.2) is 54.8 Å². The van der Waals surface area contributed by atoms with Crippen molar-refractivity contribution < 1.29 is 24.2 Å². The molecule has 8 heteroatoms. The van der Waals surface area contributed by atoms with E-state index < -0.39 is 12.0 Å². The van der Waals surface area contributed by atoms with E-state index in [0.717, 1.165) is 17.5 Å². The van der Waals surface area contributed by atoms with Crippen LogP contribution in [0.2, 0.25) is 0 Å². The van der Waals surface area contributed by atoms with E-state index in [1.54, 1.807) is 24.3 Å². The lowest BCUT2D eigenvalue weighted by Gasteiger charge is -2.31. The number of fused-ring (bicyclic) bond motifs is 1. The summed E-state index contributed by atoms with van der Waals surface area (Å²) < 4.78 is 10.3. The zero-order valence-electron chi connectivity index (χ0n) is 18.3. The Morgan fingerprint density at radius 3 is 2.50 bits per heavy atom. The maximum atomic E-state index is 13.4. The van der Waals surface area contributed by atoms with Crippen molar-refractivity contribution in [2.75, 3.05) is 26.9 Å². The van der Waals surface area contributed by atoms with Gasteiger partial charge in [0.05, 0.1) is 24.8 Å². The minimum Gasteiger partial charge on any atom is -0.508 e. The van der Waals surface area contributed by atoms with Crippen molar-refractivity contribution >= 4 is 11.9 Å². The third-order valence-electron chi connectivity index (χ3n) is 6.25. The highest BCUT2D eigenvalue weighted by Crippen LogP contribution is 2.48. The summed E-state index contributed by atoms with van der Waals surface area (Å²) in [5.74, 6) is -0.345. The number of hydrogen-bond donors (Lipinski definition) is 3. The van der Waals surface area contributed by atoms with Crippen LogP contribution < -0.4 is 10.9 Å². The first kappa shape index (κ1) is 22.3. The number of carbonyl (C=O) groups excluding carboxylic acids is 2. The number of aromatic hydroxyl groups is 1. The largest absolute Gasteiger partial charge is 0.508 e. The molecule has 0 radical (unpaired) electrons. The number of esters is 1. The molecule has 170 valence electrons. The fraction of sp³-hybridized carbons (Fsp3) is 0.417. The number of nitrogens with zero attached hydrogens (tertiary/aromatic N) is 1. The molecule has 0 aromatic heterocycles. The Bertz CT molecular complexity index is 964. The van der Waals surface area contributed by atoms with Gasteiger partial charge in [0.15, 0.2) is 0 Å². The zero-order valence-corrected chi connectivity index (χ0v) is 18.3. The molecule has 32 heavy (non-hydrogen) atoms. The van der Waals surface area contributed by atoms with Gasteiger partial charge in [-0.05, 0) is 37.1 Å². The minimum absolute atomic E-state index is 0.0129. The number of likely N-dealkylation sites (tertiary alicyclic amines) is 1. The smallest absolute Gasteiger partial charge is 0.337 e. The van der Waals surface area contributed by atoms with Crippen LogP contribution in [0.5, 0.6) is 5.75 Å². The Morgan fingerprint density at radius 2 is 1.81 bits per heavy atom. The number of carbonyl (C=O) groups is 2. The van der Waals surface area contributed by atoms with Gasteiger partial charge in [0.25, 0.3) is 0 Å². The first-order valence-corrected chi connectivity index (χ1v) is 10.9. The van der Waals surface area contributed by atoms with Crippen molar-refractivity contribution in [3.05, 3.63) is 65.2 Å². The SMILES string of the molecule is CCOCCCN1C(=O)C2NNC(c3ccccc3O)C2C1c1ccc(C(=O)OC)cc1. The van der Waals surface area contributed by atoms with Crippen LogP contribution in [0.3, 0.4) is 0 Å². The van der Waals surface area contributed by atoms with Crippen molar-refractivity contribution in [3.63, 3.8) is 0 Å². The summed E-state index contributed by atoms with van der Waals surface area (Å²) in [7, 11) is 1.35. The fourth-order valence-electron chi connectivity index (χ4n) is 4.78. The average Bonchev–Trinajstić information content (AvgIpc) is 3.35. The highest BCUT2D eigenvalue weighted by atomic mass is 16.5. The van der Waals surface area contributed by atoms with Gasteiger partial charge in [-0.25, -0.2) is 15.6 Å². The predicted octanol–water partition coefficient (Wildman–Crippen LogP) is 2.32. The van der Waals surface area contributed by atoms with E-state index in [2.05, 4.69) is 10.9 Å². The van der Waals surface area contributed by atoms with Crippen LogP contribution in [0.1, 0.15) is 46.9 Å².